The van der Waals surface area contributed by atoms with E-state index in [2.05, 4.69) is 20.9 Å². The fourth-order valence-electron chi connectivity index (χ4n) is 2.63. The minimum atomic E-state index is -0.816. The molecule has 0 aliphatic rings. The zero-order valence-electron chi connectivity index (χ0n) is 14.7. The largest absolute Gasteiger partial charge is 0.410 e. The predicted molar refractivity (Wildman–Crippen MR) is 119 cm³/mol. The average Bonchev–Trinajstić information content (AvgIpc) is 2.65. The van der Waals surface area contributed by atoms with Gasteiger partial charge in [0.2, 0.25) is 0 Å². The summed E-state index contributed by atoms with van der Waals surface area (Å²) in [6.45, 7) is 0. The number of carbonyl (C=O) groups excluding carboxylic acids is 1. The maximum absolute atomic E-state index is 11.3. The summed E-state index contributed by atoms with van der Waals surface area (Å²) in [5.41, 5.74) is 7.95. The number of aromatic nitrogens is 1. The molecule has 0 spiro atoms. The van der Waals surface area contributed by atoms with Gasteiger partial charge < -0.3 is 10.5 Å². The number of hydrogen-bond donors (Lipinski definition) is 1. The fraction of sp³-hybridized carbons (Fsp3) is 0.100. The Balaban J connectivity index is 2.00. The number of pyridine rings is 1. The quantitative estimate of drug-likeness (QED) is 0.468. The summed E-state index contributed by atoms with van der Waals surface area (Å²) in [6.07, 6.45) is 6.97. The minimum absolute atomic E-state index is 0.500. The van der Waals surface area contributed by atoms with Crippen LogP contribution in [-0.2, 0) is 0 Å². The summed E-state index contributed by atoms with van der Waals surface area (Å²) < 4.78 is 6.26. The molecule has 0 aliphatic carbocycles. The van der Waals surface area contributed by atoms with Crippen molar-refractivity contribution in [2.75, 3.05) is 12.5 Å². The molecule has 27 heavy (non-hydrogen) atoms. The second-order valence-corrected chi connectivity index (χ2v) is 8.13. The summed E-state index contributed by atoms with van der Waals surface area (Å²) in [7, 11) is 0. The Hall–Kier alpha value is -1.96. The third-order valence-corrected chi connectivity index (χ3v) is 5.93. The summed E-state index contributed by atoms with van der Waals surface area (Å²) in [5, 5.41) is 1.08. The molecule has 0 saturated heterocycles. The number of hydrogen-bond acceptors (Lipinski definition) is 5. The zero-order chi connectivity index (χ0) is 19.4. The van der Waals surface area contributed by atoms with Crippen LogP contribution in [0.15, 0.2) is 56.7 Å². The second-order valence-electron chi connectivity index (χ2n) is 5.55. The first-order valence-corrected chi connectivity index (χ1v) is 11.2. The highest BCUT2D eigenvalue weighted by atomic mass is 79.9. The first-order valence-electron chi connectivity index (χ1n) is 7.98. The van der Waals surface area contributed by atoms with Gasteiger partial charge in [-0.15, -0.1) is 23.5 Å². The lowest BCUT2D eigenvalue weighted by Gasteiger charge is -2.13. The molecule has 3 rings (SSSR count). The van der Waals surface area contributed by atoms with Gasteiger partial charge in [-0.2, -0.15) is 0 Å². The molecule has 1 heterocycles. The Kier molecular flexibility index (Phi) is 6.46. The summed E-state index contributed by atoms with van der Waals surface area (Å²) in [4.78, 5) is 17.7. The standard InChI is InChI=1S/C20H17BrN2O2S2/c1-26-17-10-6-13(19(27-2)18(17)25-20(22)24)5-9-15-8-4-12-3-7-14(21)11-16(12)23-15/h3-11H,1-2H3,(H2,22,24). The molecule has 3 aromatic rings. The van der Waals surface area contributed by atoms with Gasteiger partial charge in [0, 0.05) is 9.86 Å². The van der Waals surface area contributed by atoms with Gasteiger partial charge in [-0.05, 0) is 48.4 Å². The molecule has 0 radical (unpaired) electrons. The molecule has 0 aliphatic heterocycles. The van der Waals surface area contributed by atoms with Crippen molar-refractivity contribution in [3.8, 4) is 5.75 Å². The first kappa shape index (κ1) is 19.8. The number of nitrogens with two attached hydrogens (primary N) is 1. The van der Waals surface area contributed by atoms with Gasteiger partial charge in [-0.25, -0.2) is 9.78 Å². The van der Waals surface area contributed by atoms with Crippen LogP contribution in [-0.4, -0.2) is 23.6 Å². The predicted octanol–water partition coefficient (Wildman–Crippen LogP) is 6.07. The van der Waals surface area contributed by atoms with E-state index in [1.165, 1.54) is 23.5 Å². The van der Waals surface area contributed by atoms with Crippen LogP contribution in [0.1, 0.15) is 11.3 Å². The van der Waals surface area contributed by atoms with Crippen molar-refractivity contribution in [1.29, 1.82) is 0 Å². The monoisotopic (exact) mass is 460 g/mol. The molecule has 1 aromatic heterocycles. The van der Waals surface area contributed by atoms with Gasteiger partial charge in [0.05, 0.1) is 21.0 Å². The lowest BCUT2D eigenvalue weighted by atomic mass is 10.1. The van der Waals surface area contributed by atoms with Crippen LogP contribution < -0.4 is 10.5 Å². The summed E-state index contributed by atoms with van der Waals surface area (Å²) in [5.74, 6) is 0.500. The molecule has 0 atom stereocenters. The third-order valence-electron chi connectivity index (χ3n) is 3.84. The third kappa shape index (κ3) is 4.66. The SMILES string of the molecule is CSc1ccc(C=Cc2ccc3ccc(Br)cc3n2)c(SC)c1OC(N)=O. The number of amides is 1. The molecule has 1 amide bonds. The fourth-order valence-corrected chi connectivity index (χ4v) is 4.29. The Labute approximate surface area is 174 Å². The van der Waals surface area contributed by atoms with Gasteiger partial charge in [0.15, 0.2) is 5.75 Å². The number of thioether (sulfide) groups is 2. The van der Waals surface area contributed by atoms with Gasteiger partial charge in [0.1, 0.15) is 0 Å². The maximum atomic E-state index is 11.3. The molecule has 0 unspecified atom stereocenters. The van der Waals surface area contributed by atoms with E-state index in [-0.39, 0.29) is 0 Å². The molecule has 2 aromatic carbocycles. The average molecular weight is 461 g/mol. The molecular formula is C20H17BrN2O2S2. The van der Waals surface area contributed by atoms with E-state index in [0.717, 1.165) is 36.4 Å². The van der Waals surface area contributed by atoms with E-state index in [4.69, 9.17) is 10.5 Å². The van der Waals surface area contributed by atoms with Crippen molar-refractivity contribution in [2.45, 2.75) is 9.79 Å². The zero-order valence-corrected chi connectivity index (χ0v) is 18.0. The van der Waals surface area contributed by atoms with Crippen molar-refractivity contribution < 1.29 is 9.53 Å². The lowest BCUT2D eigenvalue weighted by Crippen LogP contribution is -2.17. The van der Waals surface area contributed by atoms with Crippen LogP contribution in [0.3, 0.4) is 0 Å². The number of rotatable bonds is 5. The topological polar surface area (TPSA) is 65.2 Å². The molecule has 2 N–H and O–H groups in total. The molecule has 4 nitrogen and oxygen atoms in total. The van der Waals surface area contributed by atoms with Crippen LogP contribution in [0.4, 0.5) is 4.79 Å². The van der Waals surface area contributed by atoms with Crippen molar-refractivity contribution in [3.63, 3.8) is 0 Å². The van der Waals surface area contributed by atoms with Crippen LogP contribution in [0.25, 0.3) is 23.1 Å². The number of carbonyl (C=O) groups is 1. The van der Waals surface area contributed by atoms with Gasteiger partial charge in [-0.1, -0.05) is 40.2 Å². The summed E-state index contributed by atoms with van der Waals surface area (Å²) in [6, 6.07) is 14.0. The minimum Gasteiger partial charge on any atom is -0.408 e. The van der Waals surface area contributed by atoms with Gasteiger partial charge in [-0.3, -0.25) is 0 Å². The van der Waals surface area contributed by atoms with E-state index in [1.54, 1.807) is 0 Å². The maximum Gasteiger partial charge on any atom is 0.410 e. The van der Waals surface area contributed by atoms with Gasteiger partial charge in [0.25, 0.3) is 0 Å². The Morgan fingerprint density at radius 1 is 1.11 bits per heavy atom. The van der Waals surface area contributed by atoms with Crippen molar-refractivity contribution >= 4 is 68.6 Å². The molecule has 0 saturated carbocycles. The first-order chi connectivity index (χ1) is 13.0. The van der Waals surface area contributed by atoms with Crippen LogP contribution in [0, 0.1) is 0 Å². The molecule has 138 valence electrons. The van der Waals surface area contributed by atoms with Crippen molar-refractivity contribution in [2.24, 2.45) is 5.73 Å². The Bertz CT molecular complexity index is 1040. The number of fused-ring (bicyclic) bond motifs is 1. The van der Waals surface area contributed by atoms with E-state index < -0.39 is 6.09 Å². The van der Waals surface area contributed by atoms with Crippen molar-refractivity contribution in [3.05, 3.63) is 58.2 Å². The van der Waals surface area contributed by atoms with Crippen molar-refractivity contribution in [1.82, 2.24) is 4.98 Å². The Morgan fingerprint density at radius 2 is 1.89 bits per heavy atom. The smallest absolute Gasteiger partial charge is 0.408 e. The molecule has 0 bridgehead atoms. The highest BCUT2D eigenvalue weighted by Crippen LogP contribution is 2.39. The number of primary amides is 1. The molecular weight excluding hydrogens is 444 g/mol. The van der Waals surface area contributed by atoms with Gasteiger partial charge >= 0.3 is 6.09 Å². The van der Waals surface area contributed by atoms with Crippen LogP contribution in [0.5, 0.6) is 5.75 Å². The number of ether oxygens (including phenoxy) is 1. The summed E-state index contributed by atoms with van der Waals surface area (Å²) >= 11 is 6.49. The second kappa shape index (κ2) is 8.82. The van der Waals surface area contributed by atoms with E-state index >= 15 is 0 Å². The highest BCUT2D eigenvalue weighted by Gasteiger charge is 2.15. The normalized spacial score (nSPS) is 11.2. The van der Waals surface area contributed by atoms with Crippen LogP contribution in [0.2, 0.25) is 0 Å². The molecule has 7 heteroatoms. The van der Waals surface area contributed by atoms with E-state index in [9.17, 15) is 4.79 Å². The van der Waals surface area contributed by atoms with E-state index in [1.807, 2.05) is 67.1 Å². The van der Waals surface area contributed by atoms with E-state index in [0.29, 0.717) is 5.75 Å². The lowest BCUT2D eigenvalue weighted by molar-refractivity contribution is 0.208. The number of benzene rings is 2. The highest BCUT2D eigenvalue weighted by molar-refractivity contribution is 9.10. The number of nitrogens with zero attached hydrogens (tertiary/aromatic N) is 1. The van der Waals surface area contributed by atoms with Crippen LogP contribution >= 0.6 is 39.5 Å². The number of halogens is 1. The molecule has 0 fully saturated rings. The Morgan fingerprint density at radius 3 is 2.59 bits per heavy atom.